The average molecular weight is 259 g/mol. The SMILES string of the molecule is NC1CCC(Oc2ccc3c(=O)[nH]cnc3c2)CC1. The van der Waals surface area contributed by atoms with E-state index in [1.54, 1.807) is 6.07 Å². The van der Waals surface area contributed by atoms with E-state index in [4.69, 9.17) is 10.5 Å². The molecule has 19 heavy (non-hydrogen) atoms. The first-order valence-electron chi connectivity index (χ1n) is 6.62. The Morgan fingerprint density at radius 2 is 2.05 bits per heavy atom. The quantitative estimate of drug-likeness (QED) is 0.857. The summed E-state index contributed by atoms with van der Waals surface area (Å²) in [6, 6.07) is 5.72. The van der Waals surface area contributed by atoms with Crippen LogP contribution in [0.4, 0.5) is 0 Å². The number of nitrogens with zero attached hydrogens (tertiary/aromatic N) is 1. The first-order valence-corrected chi connectivity index (χ1v) is 6.62. The second-order valence-electron chi connectivity index (χ2n) is 5.07. The number of fused-ring (bicyclic) bond motifs is 1. The number of nitrogens with two attached hydrogens (primary N) is 1. The van der Waals surface area contributed by atoms with Gasteiger partial charge >= 0.3 is 0 Å². The van der Waals surface area contributed by atoms with Gasteiger partial charge in [-0.15, -0.1) is 0 Å². The number of benzene rings is 1. The van der Waals surface area contributed by atoms with Gasteiger partial charge in [-0.3, -0.25) is 4.79 Å². The van der Waals surface area contributed by atoms with E-state index in [0.717, 1.165) is 31.4 Å². The Morgan fingerprint density at radius 3 is 2.84 bits per heavy atom. The van der Waals surface area contributed by atoms with Crippen molar-refractivity contribution in [3.8, 4) is 5.75 Å². The number of aromatic nitrogens is 2. The molecule has 0 unspecified atom stereocenters. The topological polar surface area (TPSA) is 81.0 Å². The number of hydrogen-bond donors (Lipinski definition) is 2. The lowest BCUT2D eigenvalue weighted by Gasteiger charge is -2.26. The van der Waals surface area contributed by atoms with Crippen LogP contribution in [0.2, 0.25) is 0 Å². The Morgan fingerprint density at radius 1 is 1.26 bits per heavy atom. The number of aromatic amines is 1. The Hall–Kier alpha value is -1.88. The van der Waals surface area contributed by atoms with Gasteiger partial charge in [-0.05, 0) is 37.8 Å². The van der Waals surface area contributed by atoms with Gasteiger partial charge in [-0.25, -0.2) is 4.98 Å². The van der Waals surface area contributed by atoms with Crippen molar-refractivity contribution in [1.29, 1.82) is 0 Å². The Kier molecular flexibility index (Phi) is 3.21. The molecule has 3 N–H and O–H groups in total. The highest BCUT2D eigenvalue weighted by Crippen LogP contribution is 2.24. The molecule has 0 amide bonds. The van der Waals surface area contributed by atoms with E-state index >= 15 is 0 Å². The zero-order chi connectivity index (χ0) is 13.2. The molecular weight excluding hydrogens is 242 g/mol. The minimum Gasteiger partial charge on any atom is -0.490 e. The molecule has 1 fully saturated rings. The molecule has 5 heteroatoms. The van der Waals surface area contributed by atoms with Crippen LogP contribution in [0.15, 0.2) is 29.3 Å². The highest BCUT2D eigenvalue weighted by molar-refractivity contribution is 5.78. The van der Waals surface area contributed by atoms with Crippen molar-refractivity contribution in [1.82, 2.24) is 9.97 Å². The summed E-state index contributed by atoms with van der Waals surface area (Å²) in [4.78, 5) is 18.3. The minimum absolute atomic E-state index is 0.125. The highest BCUT2D eigenvalue weighted by atomic mass is 16.5. The normalized spacial score (nSPS) is 23.4. The maximum atomic E-state index is 11.6. The fraction of sp³-hybridized carbons (Fsp3) is 0.429. The molecule has 1 aromatic carbocycles. The lowest BCUT2D eigenvalue weighted by molar-refractivity contribution is 0.147. The van der Waals surface area contributed by atoms with Crippen molar-refractivity contribution < 1.29 is 4.74 Å². The standard InChI is InChI=1S/C14H17N3O2/c15-9-1-3-10(4-2-9)19-11-5-6-12-13(7-11)16-8-17-14(12)18/h5-10H,1-4,15H2,(H,16,17,18). The molecule has 0 spiro atoms. The van der Waals surface area contributed by atoms with Crippen molar-refractivity contribution >= 4 is 10.9 Å². The molecule has 1 aliphatic rings. The number of nitrogens with one attached hydrogen (secondary N) is 1. The maximum absolute atomic E-state index is 11.6. The van der Waals surface area contributed by atoms with Crippen LogP contribution in [0.1, 0.15) is 25.7 Å². The number of rotatable bonds is 2. The van der Waals surface area contributed by atoms with Gasteiger partial charge in [0.05, 0.1) is 23.3 Å². The van der Waals surface area contributed by atoms with Gasteiger partial charge in [-0.2, -0.15) is 0 Å². The molecule has 1 aromatic heterocycles. The molecule has 0 bridgehead atoms. The van der Waals surface area contributed by atoms with Crippen LogP contribution < -0.4 is 16.0 Å². The van der Waals surface area contributed by atoms with E-state index < -0.39 is 0 Å². The van der Waals surface area contributed by atoms with Crippen molar-refractivity contribution in [2.75, 3.05) is 0 Å². The lowest BCUT2D eigenvalue weighted by Crippen LogP contribution is -2.31. The van der Waals surface area contributed by atoms with Crippen LogP contribution in [0.5, 0.6) is 5.75 Å². The van der Waals surface area contributed by atoms with E-state index in [1.807, 2.05) is 12.1 Å². The van der Waals surface area contributed by atoms with E-state index in [9.17, 15) is 4.79 Å². The van der Waals surface area contributed by atoms with Crippen LogP contribution in [0, 0.1) is 0 Å². The zero-order valence-electron chi connectivity index (χ0n) is 10.6. The van der Waals surface area contributed by atoms with Crippen LogP contribution >= 0.6 is 0 Å². The predicted octanol–water partition coefficient (Wildman–Crippen LogP) is 1.57. The number of ether oxygens (including phenoxy) is 1. The largest absolute Gasteiger partial charge is 0.490 e. The lowest BCUT2D eigenvalue weighted by atomic mass is 9.94. The number of hydrogen-bond acceptors (Lipinski definition) is 4. The molecule has 2 aromatic rings. The van der Waals surface area contributed by atoms with Crippen LogP contribution in [0.3, 0.4) is 0 Å². The van der Waals surface area contributed by atoms with E-state index in [-0.39, 0.29) is 11.7 Å². The van der Waals surface area contributed by atoms with Crippen molar-refractivity contribution in [3.05, 3.63) is 34.9 Å². The summed E-state index contributed by atoms with van der Waals surface area (Å²) in [5.41, 5.74) is 6.41. The van der Waals surface area contributed by atoms with Gasteiger partial charge < -0.3 is 15.5 Å². The third-order valence-corrected chi connectivity index (χ3v) is 3.63. The molecule has 1 heterocycles. The monoisotopic (exact) mass is 259 g/mol. The Balaban J connectivity index is 1.80. The molecule has 0 atom stereocenters. The summed E-state index contributed by atoms with van der Waals surface area (Å²) < 4.78 is 5.94. The third-order valence-electron chi connectivity index (χ3n) is 3.63. The summed E-state index contributed by atoms with van der Waals surface area (Å²) >= 11 is 0. The van der Waals surface area contributed by atoms with E-state index in [1.165, 1.54) is 6.33 Å². The van der Waals surface area contributed by atoms with Crippen LogP contribution in [-0.2, 0) is 0 Å². The van der Waals surface area contributed by atoms with Gasteiger partial charge in [0.1, 0.15) is 5.75 Å². The predicted molar refractivity (Wildman–Crippen MR) is 73.2 cm³/mol. The molecule has 1 saturated carbocycles. The van der Waals surface area contributed by atoms with Crippen LogP contribution in [0.25, 0.3) is 10.9 Å². The Labute approximate surface area is 110 Å². The van der Waals surface area contributed by atoms with Crippen molar-refractivity contribution in [3.63, 3.8) is 0 Å². The molecular formula is C14H17N3O2. The number of H-pyrrole nitrogens is 1. The fourth-order valence-electron chi connectivity index (χ4n) is 2.52. The third kappa shape index (κ3) is 2.61. The van der Waals surface area contributed by atoms with Gasteiger partial charge in [0.15, 0.2) is 0 Å². The van der Waals surface area contributed by atoms with Gasteiger partial charge in [0.25, 0.3) is 5.56 Å². The van der Waals surface area contributed by atoms with Crippen molar-refractivity contribution in [2.24, 2.45) is 5.73 Å². The zero-order valence-corrected chi connectivity index (χ0v) is 10.6. The summed E-state index contributed by atoms with van der Waals surface area (Å²) in [5, 5.41) is 0.584. The molecule has 0 aliphatic heterocycles. The summed E-state index contributed by atoms with van der Waals surface area (Å²) in [6.45, 7) is 0. The maximum Gasteiger partial charge on any atom is 0.258 e. The van der Waals surface area contributed by atoms with E-state index in [0.29, 0.717) is 16.9 Å². The summed E-state index contributed by atoms with van der Waals surface area (Å²) in [5.74, 6) is 0.770. The Bertz CT molecular complexity index is 630. The first-order chi connectivity index (χ1) is 9.22. The minimum atomic E-state index is -0.125. The molecule has 3 rings (SSSR count). The fourth-order valence-corrected chi connectivity index (χ4v) is 2.52. The molecule has 100 valence electrons. The van der Waals surface area contributed by atoms with Gasteiger partial charge in [-0.1, -0.05) is 0 Å². The van der Waals surface area contributed by atoms with Gasteiger partial charge in [0.2, 0.25) is 0 Å². The smallest absolute Gasteiger partial charge is 0.258 e. The second-order valence-corrected chi connectivity index (χ2v) is 5.07. The summed E-state index contributed by atoms with van der Waals surface area (Å²) in [7, 11) is 0. The molecule has 0 radical (unpaired) electrons. The van der Waals surface area contributed by atoms with Crippen molar-refractivity contribution in [2.45, 2.75) is 37.8 Å². The second kappa shape index (κ2) is 5.01. The van der Waals surface area contributed by atoms with E-state index in [2.05, 4.69) is 9.97 Å². The molecule has 0 saturated heterocycles. The average Bonchev–Trinajstić information content (AvgIpc) is 2.42. The van der Waals surface area contributed by atoms with Crippen LogP contribution in [-0.4, -0.2) is 22.1 Å². The molecule has 1 aliphatic carbocycles. The summed E-state index contributed by atoms with van der Waals surface area (Å²) in [6.07, 6.45) is 5.63. The van der Waals surface area contributed by atoms with Gasteiger partial charge in [0, 0.05) is 12.1 Å². The molecule has 5 nitrogen and oxygen atoms in total. The highest BCUT2D eigenvalue weighted by Gasteiger charge is 2.19. The first kappa shape index (κ1) is 12.2.